The molecule has 1 saturated heterocycles. The van der Waals surface area contributed by atoms with Crippen molar-refractivity contribution in [3.05, 3.63) is 21.7 Å². The number of likely N-dealkylation sites (tertiary alicyclic amines) is 1. The molecule has 24 heavy (non-hydrogen) atoms. The van der Waals surface area contributed by atoms with Crippen molar-refractivity contribution in [3.63, 3.8) is 0 Å². The van der Waals surface area contributed by atoms with E-state index >= 15 is 0 Å². The maximum Gasteiger partial charge on any atom is 0.259 e. The van der Waals surface area contributed by atoms with Crippen molar-refractivity contribution >= 4 is 29.1 Å². The number of rotatable bonds is 7. The summed E-state index contributed by atoms with van der Waals surface area (Å²) >= 11 is 11.9. The van der Waals surface area contributed by atoms with Crippen molar-refractivity contribution in [2.24, 2.45) is 0 Å². The van der Waals surface area contributed by atoms with Gasteiger partial charge in [-0.15, -0.1) is 0 Å². The highest BCUT2D eigenvalue weighted by Crippen LogP contribution is 2.40. The van der Waals surface area contributed by atoms with E-state index in [9.17, 15) is 14.3 Å². The van der Waals surface area contributed by atoms with Gasteiger partial charge in [0.25, 0.3) is 5.91 Å². The van der Waals surface area contributed by atoms with E-state index in [0.717, 1.165) is 19.4 Å². The van der Waals surface area contributed by atoms with E-state index in [1.54, 1.807) is 0 Å². The predicted molar refractivity (Wildman–Crippen MR) is 92.2 cm³/mol. The molecule has 1 aromatic carbocycles. The Morgan fingerprint density at radius 1 is 1.50 bits per heavy atom. The number of phenolic OH excluding ortho intramolecular Hbond substituents is 1. The van der Waals surface area contributed by atoms with E-state index < -0.39 is 5.91 Å². The van der Waals surface area contributed by atoms with E-state index in [2.05, 4.69) is 10.2 Å². The van der Waals surface area contributed by atoms with Crippen molar-refractivity contribution in [1.82, 2.24) is 10.2 Å². The summed E-state index contributed by atoms with van der Waals surface area (Å²) in [4.78, 5) is 14.6. The van der Waals surface area contributed by atoms with Gasteiger partial charge in [-0.1, -0.05) is 23.2 Å². The molecule has 1 atom stereocenters. The highest BCUT2D eigenvalue weighted by molar-refractivity contribution is 6.37. The molecule has 0 aromatic heterocycles. The number of carbonyl (C=O) groups excluding carboxylic acids is 1. The van der Waals surface area contributed by atoms with Crippen LogP contribution in [-0.2, 0) is 0 Å². The minimum Gasteiger partial charge on any atom is -0.505 e. The molecule has 134 valence electrons. The largest absolute Gasteiger partial charge is 0.505 e. The lowest BCUT2D eigenvalue weighted by Gasteiger charge is -2.24. The minimum absolute atomic E-state index is 0.0172. The van der Waals surface area contributed by atoms with E-state index in [0.29, 0.717) is 19.5 Å². The van der Waals surface area contributed by atoms with Gasteiger partial charge in [0.15, 0.2) is 11.5 Å². The maximum absolute atomic E-state index is 12.5. The second kappa shape index (κ2) is 8.74. The standard InChI is InChI=1S/C16H21Cl2FN2O3/c1-24-15-12(18)8-11(17)14(22)13(15)16(23)20-9-10-4-2-6-21(10)7-3-5-19/h8,10,22H,2-7,9H2,1H3,(H,20,23)/t10-/m0/s1/i19-1. The highest BCUT2D eigenvalue weighted by Gasteiger charge is 2.27. The number of carbonyl (C=O) groups is 1. The third-order valence-electron chi connectivity index (χ3n) is 4.17. The molecule has 0 radical (unpaired) electrons. The smallest absolute Gasteiger partial charge is 0.259 e. The van der Waals surface area contributed by atoms with Crippen molar-refractivity contribution in [2.45, 2.75) is 25.3 Å². The molecule has 1 fully saturated rings. The molecule has 0 saturated carbocycles. The molecule has 1 amide bonds. The maximum atomic E-state index is 12.5. The lowest BCUT2D eigenvalue weighted by Crippen LogP contribution is -2.40. The van der Waals surface area contributed by atoms with Gasteiger partial charge < -0.3 is 15.2 Å². The van der Waals surface area contributed by atoms with Gasteiger partial charge in [0.2, 0.25) is 0 Å². The number of methoxy groups -OCH3 is 1. The van der Waals surface area contributed by atoms with Gasteiger partial charge in [0.05, 0.1) is 23.8 Å². The van der Waals surface area contributed by atoms with Crippen LogP contribution in [0.4, 0.5) is 4.39 Å². The van der Waals surface area contributed by atoms with Crippen LogP contribution < -0.4 is 10.1 Å². The van der Waals surface area contributed by atoms with Crippen LogP contribution in [-0.4, -0.2) is 55.4 Å². The monoisotopic (exact) mass is 377 g/mol. The van der Waals surface area contributed by atoms with Crippen LogP contribution in [0.2, 0.25) is 10.0 Å². The number of nitrogens with zero attached hydrogens (tertiary/aromatic N) is 1. The fourth-order valence-corrected chi connectivity index (χ4v) is 3.52. The van der Waals surface area contributed by atoms with E-state index in [-0.39, 0.29) is 39.8 Å². The molecule has 0 bridgehead atoms. The predicted octanol–water partition coefficient (Wildman–Crippen LogP) is 3.26. The highest BCUT2D eigenvalue weighted by atomic mass is 35.5. The molecule has 1 aliphatic heterocycles. The SMILES string of the molecule is COc1c(Cl)cc(Cl)c(O)c1C(=O)NC[C@@H]1CCCN1CCC[18F]. The third-order valence-corrected chi connectivity index (χ3v) is 4.74. The van der Waals surface area contributed by atoms with Gasteiger partial charge in [-0.2, -0.15) is 0 Å². The molecule has 8 heteroatoms. The first-order valence-corrected chi connectivity index (χ1v) is 8.58. The van der Waals surface area contributed by atoms with Crippen LogP contribution in [0.3, 0.4) is 0 Å². The normalized spacial score (nSPS) is 17.9. The Hall–Kier alpha value is -1.24. The number of phenols is 1. The van der Waals surface area contributed by atoms with Crippen LogP contribution >= 0.6 is 23.2 Å². The summed E-state index contributed by atoms with van der Waals surface area (Å²) < 4.78 is 17.5. The number of alkyl halides is 1. The number of aromatic hydroxyl groups is 1. The van der Waals surface area contributed by atoms with Crippen LogP contribution in [0.25, 0.3) is 0 Å². The van der Waals surface area contributed by atoms with Crippen LogP contribution in [0.5, 0.6) is 11.5 Å². The van der Waals surface area contributed by atoms with Crippen LogP contribution in [0, 0.1) is 0 Å². The first-order valence-electron chi connectivity index (χ1n) is 7.82. The zero-order valence-corrected chi connectivity index (χ0v) is 15.0. The Balaban J connectivity index is 2.08. The minimum atomic E-state index is -0.508. The lowest BCUT2D eigenvalue weighted by atomic mass is 10.1. The van der Waals surface area contributed by atoms with E-state index in [1.807, 2.05) is 0 Å². The summed E-state index contributed by atoms with van der Waals surface area (Å²) in [5, 5.41) is 13.0. The van der Waals surface area contributed by atoms with Gasteiger partial charge in [0.1, 0.15) is 5.56 Å². The Bertz CT molecular complexity index is 601. The third kappa shape index (κ3) is 4.23. The molecule has 2 rings (SSSR count). The average Bonchev–Trinajstić information content (AvgIpc) is 3.01. The number of nitrogens with one attached hydrogen (secondary N) is 1. The number of benzene rings is 1. The zero-order valence-electron chi connectivity index (χ0n) is 13.4. The first kappa shape index (κ1) is 19.1. The number of hydrogen-bond donors (Lipinski definition) is 2. The average molecular weight is 378 g/mol. The summed E-state index contributed by atoms with van der Waals surface area (Å²) in [5.41, 5.74) is -0.0803. The Labute approximate surface area is 150 Å². The summed E-state index contributed by atoms with van der Waals surface area (Å²) in [6.07, 6.45) is 2.44. The second-order valence-corrected chi connectivity index (χ2v) is 6.50. The molecular formula is C16H21Cl2FN2O3. The molecular weight excluding hydrogens is 357 g/mol. The Morgan fingerprint density at radius 2 is 2.25 bits per heavy atom. The van der Waals surface area contributed by atoms with Crippen molar-refractivity contribution < 1.29 is 19.0 Å². The van der Waals surface area contributed by atoms with E-state index in [4.69, 9.17) is 27.9 Å². The van der Waals surface area contributed by atoms with Gasteiger partial charge in [0, 0.05) is 19.1 Å². The lowest BCUT2D eigenvalue weighted by molar-refractivity contribution is 0.0934. The molecule has 0 unspecified atom stereocenters. The molecule has 5 nitrogen and oxygen atoms in total. The topological polar surface area (TPSA) is 61.8 Å². The zero-order chi connectivity index (χ0) is 17.7. The number of amides is 1. The summed E-state index contributed by atoms with van der Waals surface area (Å²) in [6.45, 7) is 1.63. The fourth-order valence-electron chi connectivity index (χ4n) is 2.98. The molecule has 1 aliphatic rings. The van der Waals surface area contributed by atoms with Gasteiger partial charge >= 0.3 is 0 Å². The van der Waals surface area contributed by atoms with Gasteiger partial charge in [-0.25, -0.2) is 0 Å². The number of halogens is 3. The first-order chi connectivity index (χ1) is 11.5. The number of ether oxygens (including phenoxy) is 1. The Morgan fingerprint density at radius 3 is 2.92 bits per heavy atom. The molecule has 1 aromatic rings. The molecule has 1 heterocycles. The van der Waals surface area contributed by atoms with Gasteiger partial charge in [-0.3, -0.25) is 14.1 Å². The van der Waals surface area contributed by atoms with Crippen molar-refractivity contribution in [3.8, 4) is 11.5 Å². The molecule has 0 spiro atoms. The van der Waals surface area contributed by atoms with Gasteiger partial charge in [-0.05, 0) is 31.9 Å². The van der Waals surface area contributed by atoms with Crippen molar-refractivity contribution in [2.75, 3.05) is 33.4 Å². The summed E-state index contributed by atoms with van der Waals surface area (Å²) in [5.74, 6) is -0.793. The second-order valence-electron chi connectivity index (χ2n) is 5.68. The summed E-state index contributed by atoms with van der Waals surface area (Å²) in [6, 6.07) is 1.48. The number of hydrogen-bond acceptors (Lipinski definition) is 4. The van der Waals surface area contributed by atoms with Crippen molar-refractivity contribution in [1.29, 1.82) is 0 Å². The Kier molecular flexibility index (Phi) is 6.95. The van der Waals surface area contributed by atoms with Crippen LogP contribution in [0.15, 0.2) is 6.07 Å². The fraction of sp³-hybridized carbons (Fsp3) is 0.562. The van der Waals surface area contributed by atoms with Crippen LogP contribution in [0.1, 0.15) is 29.6 Å². The summed E-state index contributed by atoms with van der Waals surface area (Å²) in [7, 11) is 1.36. The molecule has 0 aliphatic carbocycles. The molecule has 2 N–H and O–H groups in total. The quantitative estimate of drug-likeness (QED) is 0.765. The van der Waals surface area contributed by atoms with E-state index in [1.165, 1.54) is 13.2 Å².